The molecule has 0 saturated carbocycles. The molecule has 1 aromatic carbocycles. The highest BCUT2D eigenvalue weighted by atomic mass is 16.5. The SMILES string of the molecule is CC(C)Oc1ccc(C(O)c2cn(C)nn2)cc1. The largest absolute Gasteiger partial charge is 0.491 e. The van der Waals surface area contributed by atoms with Gasteiger partial charge >= 0.3 is 0 Å². The Kier molecular flexibility index (Phi) is 3.62. The standard InChI is InChI=1S/C13H17N3O2/c1-9(2)18-11-6-4-10(5-7-11)13(17)12-8-16(3)15-14-12/h4-9,13,17H,1-3H3. The summed E-state index contributed by atoms with van der Waals surface area (Å²) in [6.07, 6.45) is 1.08. The maximum absolute atomic E-state index is 10.1. The molecule has 1 N–H and O–H groups in total. The molecule has 0 fully saturated rings. The summed E-state index contributed by atoms with van der Waals surface area (Å²) in [6.45, 7) is 3.95. The second-order valence-corrected chi connectivity index (χ2v) is 4.46. The van der Waals surface area contributed by atoms with Crippen LogP contribution in [0.2, 0.25) is 0 Å². The molecule has 0 amide bonds. The van der Waals surface area contributed by atoms with E-state index in [1.54, 1.807) is 17.9 Å². The summed E-state index contributed by atoms with van der Waals surface area (Å²) >= 11 is 0. The van der Waals surface area contributed by atoms with Crippen LogP contribution in [0.5, 0.6) is 5.75 Å². The highest BCUT2D eigenvalue weighted by Crippen LogP contribution is 2.22. The van der Waals surface area contributed by atoms with Gasteiger partial charge in [0.1, 0.15) is 17.5 Å². The summed E-state index contributed by atoms with van der Waals surface area (Å²) in [5, 5.41) is 17.8. The molecule has 96 valence electrons. The monoisotopic (exact) mass is 247 g/mol. The number of aliphatic hydroxyl groups excluding tert-OH is 1. The lowest BCUT2D eigenvalue weighted by Crippen LogP contribution is -2.06. The predicted octanol–water partition coefficient (Wildman–Crippen LogP) is 1.68. The van der Waals surface area contributed by atoms with Gasteiger partial charge in [-0.1, -0.05) is 17.3 Å². The van der Waals surface area contributed by atoms with Crippen molar-refractivity contribution < 1.29 is 9.84 Å². The zero-order valence-corrected chi connectivity index (χ0v) is 10.7. The average molecular weight is 247 g/mol. The first-order chi connectivity index (χ1) is 8.56. The number of nitrogens with zero attached hydrogens (tertiary/aromatic N) is 3. The van der Waals surface area contributed by atoms with Crippen LogP contribution in [0.4, 0.5) is 0 Å². The number of hydrogen-bond acceptors (Lipinski definition) is 4. The van der Waals surface area contributed by atoms with Crippen molar-refractivity contribution in [2.75, 3.05) is 0 Å². The molecular weight excluding hydrogens is 230 g/mol. The van der Waals surface area contributed by atoms with Gasteiger partial charge in [0.15, 0.2) is 0 Å². The first-order valence-electron chi connectivity index (χ1n) is 5.87. The molecule has 5 nitrogen and oxygen atoms in total. The molecule has 1 unspecified atom stereocenters. The third-order valence-corrected chi connectivity index (χ3v) is 2.47. The fourth-order valence-electron chi connectivity index (χ4n) is 1.66. The molecular formula is C13H17N3O2. The van der Waals surface area contributed by atoms with E-state index < -0.39 is 6.10 Å². The van der Waals surface area contributed by atoms with Crippen LogP contribution in [0.1, 0.15) is 31.2 Å². The summed E-state index contributed by atoms with van der Waals surface area (Å²) in [5.41, 5.74) is 1.31. The fraction of sp³-hybridized carbons (Fsp3) is 0.385. The number of hydrogen-bond donors (Lipinski definition) is 1. The summed E-state index contributed by atoms with van der Waals surface area (Å²) in [7, 11) is 1.77. The van der Waals surface area contributed by atoms with Gasteiger partial charge in [-0.2, -0.15) is 0 Å². The third-order valence-electron chi connectivity index (χ3n) is 2.47. The Morgan fingerprint density at radius 2 is 1.89 bits per heavy atom. The summed E-state index contributed by atoms with van der Waals surface area (Å²) in [5.74, 6) is 0.792. The lowest BCUT2D eigenvalue weighted by molar-refractivity contribution is 0.214. The van der Waals surface area contributed by atoms with Crippen LogP contribution in [0.25, 0.3) is 0 Å². The van der Waals surface area contributed by atoms with Crippen LogP contribution in [0.3, 0.4) is 0 Å². The van der Waals surface area contributed by atoms with Crippen LogP contribution in [0.15, 0.2) is 30.5 Å². The Bertz CT molecular complexity index is 505. The molecule has 2 rings (SSSR count). The number of benzene rings is 1. The quantitative estimate of drug-likeness (QED) is 0.893. The molecule has 0 aliphatic rings. The van der Waals surface area contributed by atoms with Crippen molar-refractivity contribution in [3.05, 3.63) is 41.7 Å². The minimum atomic E-state index is -0.758. The minimum absolute atomic E-state index is 0.140. The normalized spacial score (nSPS) is 12.7. The Morgan fingerprint density at radius 1 is 1.22 bits per heavy atom. The molecule has 1 heterocycles. The van der Waals surface area contributed by atoms with Gasteiger partial charge in [0.25, 0.3) is 0 Å². The lowest BCUT2D eigenvalue weighted by atomic mass is 10.1. The number of aromatic nitrogens is 3. The van der Waals surface area contributed by atoms with Gasteiger partial charge in [-0.05, 0) is 31.5 Å². The summed E-state index contributed by atoms with van der Waals surface area (Å²) < 4.78 is 7.11. The smallest absolute Gasteiger partial charge is 0.124 e. The maximum Gasteiger partial charge on any atom is 0.124 e. The maximum atomic E-state index is 10.1. The molecule has 0 aliphatic heterocycles. The van der Waals surface area contributed by atoms with E-state index in [0.29, 0.717) is 5.69 Å². The van der Waals surface area contributed by atoms with Crippen LogP contribution in [-0.2, 0) is 7.05 Å². The molecule has 1 atom stereocenters. The van der Waals surface area contributed by atoms with Gasteiger partial charge < -0.3 is 9.84 Å². The van der Waals surface area contributed by atoms with Crippen molar-refractivity contribution in [1.82, 2.24) is 15.0 Å². The molecule has 2 aromatic rings. The van der Waals surface area contributed by atoms with Crippen molar-refractivity contribution in [2.45, 2.75) is 26.1 Å². The Morgan fingerprint density at radius 3 is 2.39 bits per heavy atom. The van der Waals surface area contributed by atoms with Gasteiger partial charge in [-0.25, -0.2) is 0 Å². The summed E-state index contributed by atoms with van der Waals surface area (Å²) in [6, 6.07) is 7.35. The van der Waals surface area contributed by atoms with E-state index in [9.17, 15) is 5.11 Å². The number of aliphatic hydroxyl groups is 1. The van der Waals surface area contributed by atoms with E-state index in [2.05, 4.69) is 10.3 Å². The Hall–Kier alpha value is -1.88. The molecule has 1 aromatic heterocycles. The molecule has 0 bridgehead atoms. The zero-order valence-electron chi connectivity index (χ0n) is 10.7. The van der Waals surface area contributed by atoms with Crippen LogP contribution in [0, 0.1) is 0 Å². The number of aryl methyl sites for hydroxylation is 1. The second-order valence-electron chi connectivity index (χ2n) is 4.46. The van der Waals surface area contributed by atoms with E-state index in [-0.39, 0.29) is 6.10 Å². The van der Waals surface area contributed by atoms with Gasteiger partial charge in [0.2, 0.25) is 0 Å². The highest BCUT2D eigenvalue weighted by molar-refractivity contribution is 5.31. The van der Waals surface area contributed by atoms with Gasteiger partial charge in [-0.15, -0.1) is 5.10 Å². The minimum Gasteiger partial charge on any atom is -0.491 e. The zero-order chi connectivity index (χ0) is 13.1. The molecule has 18 heavy (non-hydrogen) atoms. The number of ether oxygens (including phenoxy) is 1. The summed E-state index contributed by atoms with van der Waals surface area (Å²) in [4.78, 5) is 0. The van der Waals surface area contributed by atoms with Crippen LogP contribution in [-0.4, -0.2) is 26.2 Å². The third kappa shape index (κ3) is 2.87. The fourth-order valence-corrected chi connectivity index (χ4v) is 1.66. The van der Waals surface area contributed by atoms with E-state index in [1.165, 1.54) is 0 Å². The van der Waals surface area contributed by atoms with Crippen molar-refractivity contribution in [2.24, 2.45) is 7.05 Å². The van der Waals surface area contributed by atoms with Crippen molar-refractivity contribution >= 4 is 0 Å². The van der Waals surface area contributed by atoms with Gasteiger partial charge in [0.05, 0.1) is 12.3 Å². The van der Waals surface area contributed by atoms with Gasteiger partial charge in [0, 0.05) is 7.05 Å². The second kappa shape index (κ2) is 5.18. The topological polar surface area (TPSA) is 60.2 Å². The van der Waals surface area contributed by atoms with E-state index in [1.807, 2.05) is 38.1 Å². The number of rotatable bonds is 4. The molecule has 0 aliphatic carbocycles. The van der Waals surface area contributed by atoms with Crippen LogP contribution < -0.4 is 4.74 Å². The van der Waals surface area contributed by atoms with Crippen molar-refractivity contribution in [3.63, 3.8) is 0 Å². The van der Waals surface area contributed by atoms with Crippen LogP contribution >= 0.6 is 0 Å². The first-order valence-corrected chi connectivity index (χ1v) is 5.87. The van der Waals surface area contributed by atoms with E-state index >= 15 is 0 Å². The van der Waals surface area contributed by atoms with Crippen molar-refractivity contribution in [1.29, 1.82) is 0 Å². The van der Waals surface area contributed by atoms with E-state index in [0.717, 1.165) is 11.3 Å². The molecule has 0 spiro atoms. The Balaban J connectivity index is 2.14. The van der Waals surface area contributed by atoms with Gasteiger partial charge in [-0.3, -0.25) is 4.68 Å². The van der Waals surface area contributed by atoms with Crippen molar-refractivity contribution in [3.8, 4) is 5.75 Å². The molecule has 0 radical (unpaired) electrons. The lowest BCUT2D eigenvalue weighted by Gasteiger charge is -2.11. The first kappa shape index (κ1) is 12.6. The van der Waals surface area contributed by atoms with E-state index in [4.69, 9.17) is 4.74 Å². The highest BCUT2D eigenvalue weighted by Gasteiger charge is 2.13. The Labute approximate surface area is 106 Å². The predicted molar refractivity (Wildman–Crippen MR) is 67.3 cm³/mol. The molecule has 0 saturated heterocycles. The average Bonchev–Trinajstić information content (AvgIpc) is 2.75. The molecule has 5 heteroatoms.